The first-order valence-corrected chi connectivity index (χ1v) is 7.74. The van der Waals surface area contributed by atoms with E-state index < -0.39 is 0 Å². The molecule has 1 aliphatic carbocycles. The highest BCUT2D eigenvalue weighted by atomic mass is 16.2. The van der Waals surface area contributed by atoms with Gasteiger partial charge in [0.25, 0.3) is 0 Å². The van der Waals surface area contributed by atoms with Gasteiger partial charge < -0.3 is 10.2 Å². The quantitative estimate of drug-likeness (QED) is 0.780. The normalized spacial score (nSPS) is 23.3. The van der Waals surface area contributed by atoms with Crippen molar-refractivity contribution in [2.45, 2.75) is 58.3 Å². The van der Waals surface area contributed by atoms with Gasteiger partial charge >= 0.3 is 0 Å². The summed E-state index contributed by atoms with van der Waals surface area (Å²) in [4.78, 5) is 14.1. The highest BCUT2D eigenvalue weighted by molar-refractivity contribution is 5.76. The fourth-order valence-corrected chi connectivity index (χ4v) is 3.56. The van der Waals surface area contributed by atoms with Crippen molar-refractivity contribution >= 4 is 5.91 Å². The second kappa shape index (κ2) is 6.55. The number of nitrogens with zero attached hydrogens (tertiary/aromatic N) is 1. The van der Waals surface area contributed by atoms with Crippen molar-refractivity contribution in [3.8, 4) is 0 Å². The predicted octanol–water partition coefficient (Wildman–Crippen LogP) is 2.56. The van der Waals surface area contributed by atoms with E-state index in [9.17, 15) is 4.79 Å². The summed E-state index contributed by atoms with van der Waals surface area (Å²) in [5.41, 5.74) is 0.608. The third-order valence-corrected chi connectivity index (χ3v) is 4.86. The standard InChI is InChI=1S/C15H28N2O/c1-2-16-11-6-14(18)17-12-9-15(10-13-17)7-4-3-5-8-15/h16H,2-13H2,1H3. The molecule has 3 heteroatoms. The molecule has 0 bridgehead atoms. The van der Waals surface area contributed by atoms with Gasteiger partial charge in [0.2, 0.25) is 5.91 Å². The van der Waals surface area contributed by atoms with Gasteiger partial charge in [-0.1, -0.05) is 26.2 Å². The van der Waals surface area contributed by atoms with Crippen LogP contribution in [-0.4, -0.2) is 37.0 Å². The molecule has 1 heterocycles. The number of hydrogen-bond acceptors (Lipinski definition) is 2. The van der Waals surface area contributed by atoms with Crippen molar-refractivity contribution in [2.75, 3.05) is 26.2 Å². The summed E-state index contributed by atoms with van der Waals surface area (Å²) in [7, 11) is 0. The molecule has 18 heavy (non-hydrogen) atoms. The van der Waals surface area contributed by atoms with Gasteiger partial charge in [-0.2, -0.15) is 0 Å². The molecule has 1 aliphatic heterocycles. The first kappa shape index (κ1) is 13.9. The second-order valence-corrected chi connectivity index (χ2v) is 6.05. The summed E-state index contributed by atoms with van der Waals surface area (Å²) in [6, 6.07) is 0. The monoisotopic (exact) mass is 252 g/mol. The van der Waals surface area contributed by atoms with Crippen LogP contribution in [0.4, 0.5) is 0 Å². The number of hydrogen-bond donors (Lipinski definition) is 1. The van der Waals surface area contributed by atoms with E-state index in [0.29, 0.717) is 17.7 Å². The van der Waals surface area contributed by atoms with E-state index in [-0.39, 0.29) is 0 Å². The molecule has 0 radical (unpaired) electrons. The Kier molecular flexibility index (Phi) is 5.04. The van der Waals surface area contributed by atoms with Gasteiger partial charge in [0.15, 0.2) is 0 Å². The Labute approximate surface area is 111 Å². The SMILES string of the molecule is CCNCCC(=O)N1CCC2(CCCCC2)CC1. The third kappa shape index (κ3) is 3.47. The van der Waals surface area contributed by atoms with E-state index in [1.54, 1.807) is 0 Å². The lowest BCUT2D eigenvalue weighted by Gasteiger charge is -2.44. The minimum absolute atomic E-state index is 0.349. The summed E-state index contributed by atoms with van der Waals surface area (Å²) >= 11 is 0. The van der Waals surface area contributed by atoms with E-state index in [1.807, 2.05) is 0 Å². The Balaban J connectivity index is 1.73. The third-order valence-electron chi connectivity index (χ3n) is 4.86. The summed E-state index contributed by atoms with van der Waals surface area (Å²) in [5.74, 6) is 0.349. The van der Waals surface area contributed by atoms with Crippen LogP contribution >= 0.6 is 0 Å². The molecule has 0 aromatic heterocycles. The largest absolute Gasteiger partial charge is 0.343 e. The fraction of sp³-hybridized carbons (Fsp3) is 0.933. The van der Waals surface area contributed by atoms with E-state index in [2.05, 4.69) is 17.1 Å². The molecular formula is C15H28N2O. The molecule has 0 aromatic carbocycles. The van der Waals surface area contributed by atoms with Crippen LogP contribution in [0, 0.1) is 5.41 Å². The summed E-state index contributed by atoms with van der Waals surface area (Å²) in [6.07, 6.45) is 10.2. The lowest BCUT2D eigenvalue weighted by atomic mass is 9.68. The number of likely N-dealkylation sites (tertiary alicyclic amines) is 1. The maximum Gasteiger partial charge on any atom is 0.223 e. The molecular weight excluding hydrogens is 224 g/mol. The van der Waals surface area contributed by atoms with E-state index in [0.717, 1.165) is 26.2 Å². The summed E-state index contributed by atoms with van der Waals surface area (Å²) in [5, 5.41) is 3.23. The van der Waals surface area contributed by atoms with Crippen molar-refractivity contribution < 1.29 is 4.79 Å². The smallest absolute Gasteiger partial charge is 0.223 e. The maximum atomic E-state index is 12.0. The molecule has 2 aliphatic rings. The van der Waals surface area contributed by atoms with Crippen LogP contribution in [0.2, 0.25) is 0 Å². The minimum atomic E-state index is 0.349. The Hall–Kier alpha value is -0.570. The minimum Gasteiger partial charge on any atom is -0.343 e. The van der Waals surface area contributed by atoms with Crippen LogP contribution in [0.3, 0.4) is 0 Å². The van der Waals surface area contributed by atoms with E-state index in [4.69, 9.17) is 0 Å². The number of nitrogens with one attached hydrogen (secondary N) is 1. The van der Waals surface area contributed by atoms with Gasteiger partial charge in [0.05, 0.1) is 0 Å². The Morgan fingerprint density at radius 1 is 1.11 bits per heavy atom. The average molecular weight is 252 g/mol. The van der Waals surface area contributed by atoms with Gasteiger partial charge in [-0.3, -0.25) is 4.79 Å². The molecule has 1 saturated carbocycles. The molecule has 1 saturated heterocycles. The zero-order valence-corrected chi connectivity index (χ0v) is 11.8. The first-order valence-electron chi connectivity index (χ1n) is 7.74. The highest BCUT2D eigenvalue weighted by Gasteiger charge is 2.36. The molecule has 104 valence electrons. The van der Waals surface area contributed by atoms with Crippen molar-refractivity contribution in [3.63, 3.8) is 0 Å². The zero-order valence-electron chi connectivity index (χ0n) is 11.8. The molecule has 2 rings (SSSR count). The molecule has 2 fully saturated rings. The highest BCUT2D eigenvalue weighted by Crippen LogP contribution is 2.44. The summed E-state index contributed by atoms with van der Waals surface area (Å²) < 4.78 is 0. The van der Waals surface area contributed by atoms with Crippen LogP contribution < -0.4 is 5.32 Å². The number of piperidine rings is 1. The van der Waals surface area contributed by atoms with Crippen LogP contribution in [0.5, 0.6) is 0 Å². The Morgan fingerprint density at radius 2 is 1.78 bits per heavy atom. The molecule has 3 nitrogen and oxygen atoms in total. The molecule has 1 N–H and O–H groups in total. The second-order valence-electron chi connectivity index (χ2n) is 6.05. The van der Waals surface area contributed by atoms with Gasteiger partial charge in [-0.05, 0) is 37.6 Å². The van der Waals surface area contributed by atoms with Gasteiger partial charge in [0, 0.05) is 26.1 Å². The number of rotatable bonds is 4. The van der Waals surface area contributed by atoms with Gasteiger partial charge in [0.1, 0.15) is 0 Å². The average Bonchev–Trinajstić information content (AvgIpc) is 2.41. The topological polar surface area (TPSA) is 32.3 Å². The van der Waals surface area contributed by atoms with Crippen LogP contribution in [0.1, 0.15) is 58.3 Å². The van der Waals surface area contributed by atoms with E-state index in [1.165, 1.54) is 44.9 Å². The summed E-state index contributed by atoms with van der Waals surface area (Å²) in [6.45, 7) is 5.88. The Bertz CT molecular complexity index is 262. The maximum absolute atomic E-state index is 12.0. The zero-order chi connectivity index (χ0) is 12.8. The molecule has 0 unspecified atom stereocenters. The van der Waals surface area contributed by atoms with Crippen molar-refractivity contribution in [1.29, 1.82) is 0 Å². The number of carbonyl (C=O) groups excluding carboxylic acids is 1. The lowest BCUT2D eigenvalue weighted by Crippen LogP contribution is -2.44. The fourth-order valence-electron chi connectivity index (χ4n) is 3.56. The number of amides is 1. The van der Waals surface area contributed by atoms with Crippen LogP contribution in [-0.2, 0) is 4.79 Å². The molecule has 0 aromatic rings. The van der Waals surface area contributed by atoms with Crippen LogP contribution in [0.15, 0.2) is 0 Å². The molecule has 0 atom stereocenters. The van der Waals surface area contributed by atoms with Crippen molar-refractivity contribution in [2.24, 2.45) is 5.41 Å². The van der Waals surface area contributed by atoms with Gasteiger partial charge in [-0.15, -0.1) is 0 Å². The molecule has 1 spiro atoms. The number of carbonyl (C=O) groups is 1. The first-order chi connectivity index (χ1) is 8.76. The Morgan fingerprint density at radius 3 is 2.39 bits per heavy atom. The lowest BCUT2D eigenvalue weighted by molar-refractivity contribution is -0.133. The van der Waals surface area contributed by atoms with Gasteiger partial charge in [-0.25, -0.2) is 0 Å². The van der Waals surface area contributed by atoms with Crippen LogP contribution in [0.25, 0.3) is 0 Å². The molecule has 1 amide bonds. The predicted molar refractivity (Wildman–Crippen MR) is 74.5 cm³/mol. The van der Waals surface area contributed by atoms with Crippen molar-refractivity contribution in [1.82, 2.24) is 10.2 Å². The van der Waals surface area contributed by atoms with Crippen molar-refractivity contribution in [3.05, 3.63) is 0 Å². The van der Waals surface area contributed by atoms with E-state index >= 15 is 0 Å².